The first-order valence-electron chi connectivity index (χ1n) is 7.50. The van der Waals surface area contributed by atoms with E-state index in [-0.39, 0.29) is 0 Å². The third-order valence-electron chi connectivity index (χ3n) is 4.03. The summed E-state index contributed by atoms with van der Waals surface area (Å²) in [6.07, 6.45) is 1.17. The Labute approximate surface area is 122 Å². The molecule has 0 radical (unpaired) electrons. The van der Waals surface area contributed by atoms with E-state index in [9.17, 15) is 0 Å². The number of para-hydroxylation sites is 1. The molecule has 0 saturated heterocycles. The molecule has 2 aromatic rings. The van der Waals surface area contributed by atoms with Gasteiger partial charge in [-0.3, -0.25) is 4.90 Å². The van der Waals surface area contributed by atoms with Crippen molar-refractivity contribution in [2.75, 3.05) is 18.9 Å². The maximum absolute atomic E-state index is 4.73. The molecule has 0 saturated carbocycles. The Kier molecular flexibility index (Phi) is 4.96. The number of benzene rings is 1. The summed E-state index contributed by atoms with van der Waals surface area (Å²) >= 11 is 0. The molecule has 0 bridgehead atoms. The largest absolute Gasteiger partial charge is 0.373 e. The van der Waals surface area contributed by atoms with E-state index < -0.39 is 0 Å². The lowest BCUT2D eigenvalue weighted by Crippen LogP contribution is -2.32. The minimum absolute atomic E-state index is 0.594. The van der Waals surface area contributed by atoms with Crippen molar-refractivity contribution in [3.05, 3.63) is 35.9 Å². The first-order chi connectivity index (χ1) is 9.69. The zero-order valence-corrected chi connectivity index (χ0v) is 13.0. The topological polar surface area (TPSA) is 28.2 Å². The van der Waals surface area contributed by atoms with Gasteiger partial charge in [-0.05, 0) is 32.0 Å². The van der Waals surface area contributed by atoms with E-state index in [1.54, 1.807) is 0 Å². The molecule has 108 valence electrons. The van der Waals surface area contributed by atoms with Gasteiger partial charge in [0.1, 0.15) is 5.82 Å². The van der Waals surface area contributed by atoms with Crippen LogP contribution in [0.5, 0.6) is 0 Å². The van der Waals surface area contributed by atoms with E-state index in [0.717, 1.165) is 24.4 Å². The average Bonchev–Trinajstić information content (AvgIpc) is 2.50. The van der Waals surface area contributed by atoms with Crippen LogP contribution in [-0.2, 0) is 6.54 Å². The van der Waals surface area contributed by atoms with Crippen molar-refractivity contribution in [1.82, 2.24) is 9.88 Å². The number of aromatic nitrogens is 1. The van der Waals surface area contributed by atoms with Crippen molar-refractivity contribution < 1.29 is 0 Å². The highest BCUT2D eigenvalue weighted by Gasteiger charge is 2.14. The number of rotatable bonds is 6. The van der Waals surface area contributed by atoms with E-state index in [1.165, 1.54) is 17.4 Å². The van der Waals surface area contributed by atoms with Crippen LogP contribution in [0, 0.1) is 0 Å². The van der Waals surface area contributed by atoms with Crippen molar-refractivity contribution in [2.24, 2.45) is 0 Å². The van der Waals surface area contributed by atoms with E-state index in [4.69, 9.17) is 4.98 Å². The number of pyridine rings is 1. The minimum Gasteiger partial charge on any atom is -0.373 e. The Morgan fingerprint density at radius 2 is 2.00 bits per heavy atom. The van der Waals surface area contributed by atoms with Crippen molar-refractivity contribution in [3.8, 4) is 0 Å². The molecule has 20 heavy (non-hydrogen) atoms. The van der Waals surface area contributed by atoms with Crippen LogP contribution >= 0.6 is 0 Å². The van der Waals surface area contributed by atoms with Crippen LogP contribution < -0.4 is 5.32 Å². The standard InChI is InChI=1S/C17H25N3/c1-5-13(3)20(6-2)12-15-11-14-9-7-8-10-16(14)19-17(15)18-4/h7-11,13H,5-6,12H2,1-4H3,(H,18,19). The predicted molar refractivity (Wildman–Crippen MR) is 87.1 cm³/mol. The number of nitrogens with one attached hydrogen (secondary N) is 1. The van der Waals surface area contributed by atoms with Crippen LogP contribution in [0.25, 0.3) is 10.9 Å². The molecule has 2 rings (SSSR count). The summed E-state index contributed by atoms with van der Waals surface area (Å²) in [6.45, 7) is 8.76. The zero-order chi connectivity index (χ0) is 14.5. The lowest BCUT2D eigenvalue weighted by atomic mass is 10.1. The molecule has 3 heteroatoms. The fourth-order valence-electron chi connectivity index (χ4n) is 2.55. The van der Waals surface area contributed by atoms with Crippen LogP contribution in [0.15, 0.2) is 30.3 Å². The molecule has 0 fully saturated rings. The summed E-state index contributed by atoms with van der Waals surface area (Å²) in [7, 11) is 1.94. The average molecular weight is 271 g/mol. The molecule has 1 unspecified atom stereocenters. The van der Waals surface area contributed by atoms with Gasteiger partial charge in [-0.1, -0.05) is 32.0 Å². The van der Waals surface area contributed by atoms with Gasteiger partial charge in [0, 0.05) is 30.6 Å². The highest BCUT2D eigenvalue weighted by atomic mass is 15.1. The van der Waals surface area contributed by atoms with Gasteiger partial charge >= 0.3 is 0 Å². The Hall–Kier alpha value is -1.61. The van der Waals surface area contributed by atoms with Crippen molar-refractivity contribution in [1.29, 1.82) is 0 Å². The van der Waals surface area contributed by atoms with Gasteiger partial charge in [-0.25, -0.2) is 4.98 Å². The molecule has 1 atom stereocenters. The lowest BCUT2D eigenvalue weighted by molar-refractivity contribution is 0.206. The minimum atomic E-state index is 0.594. The van der Waals surface area contributed by atoms with Gasteiger partial charge in [-0.2, -0.15) is 0 Å². The van der Waals surface area contributed by atoms with Crippen molar-refractivity contribution >= 4 is 16.7 Å². The number of hydrogen-bond acceptors (Lipinski definition) is 3. The van der Waals surface area contributed by atoms with Crippen LogP contribution in [0.1, 0.15) is 32.8 Å². The first-order valence-corrected chi connectivity index (χ1v) is 7.50. The molecule has 0 aliphatic carbocycles. The summed E-state index contributed by atoms with van der Waals surface area (Å²) in [5.74, 6) is 0.991. The maximum atomic E-state index is 4.73. The summed E-state index contributed by atoms with van der Waals surface area (Å²) in [4.78, 5) is 7.22. The Morgan fingerprint density at radius 3 is 2.65 bits per heavy atom. The molecular formula is C17H25N3. The molecule has 1 N–H and O–H groups in total. The number of fused-ring (bicyclic) bond motifs is 1. The van der Waals surface area contributed by atoms with Gasteiger partial charge in [-0.15, -0.1) is 0 Å². The quantitative estimate of drug-likeness (QED) is 0.863. The number of hydrogen-bond donors (Lipinski definition) is 1. The summed E-state index contributed by atoms with van der Waals surface area (Å²) in [6, 6.07) is 11.2. The number of nitrogens with zero attached hydrogens (tertiary/aromatic N) is 2. The van der Waals surface area contributed by atoms with Gasteiger partial charge in [0.05, 0.1) is 5.52 Å². The van der Waals surface area contributed by atoms with E-state index in [1.807, 2.05) is 13.1 Å². The van der Waals surface area contributed by atoms with E-state index in [2.05, 4.69) is 55.3 Å². The molecule has 0 spiro atoms. The molecule has 0 amide bonds. The molecule has 1 aromatic heterocycles. The summed E-state index contributed by atoms with van der Waals surface area (Å²) < 4.78 is 0. The van der Waals surface area contributed by atoms with Gasteiger partial charge in [0.2, 0.25) is 0 Å². The van der Waals surface area contributed by atoms with Crippen LogP contribution in [0.3, 0.4) is 0 Å². The fraction of sp³-hybridized carbons (Fsp3) is 0.471. The van der Waals surface area contributed by atoms with Gasteiger partial charge in [0.25, 0.3) is 0 Å². The third kappa shape index (κ3) is 3.10. The fourth-order valence-corrected chi connectivity index (χ4v) is 2.55. The maximum Gasteiger partial charge on any atom is 0.130 e. The molecule has 1 heterocycles. The van der Waals surface area contributed by atoms with Crippen LogP contribution in [0.2, 0.25) is 0 Å². The van der Waals surface area contributed by atoms with E-state index >= 15 is 0 Å². The highest BCUT2D eigenvalue weighted by Crippen LogP contribution is 2.22. The number of anilines is 1. The lowest BCUT2D eigenvalue weighted by Gasteiger charge is -2.27. The van der Waals surface area contributed by atoms with Crippen molar-refractivity contribution in [2.45, 2.75) is 39.8 Å². The van der Waals surface area contributed by atoms with E-state index in [0.29, 0.717) is 6.04 Å². The van der Waals surface area contributed by atoms with Gasteiger partial charge < -0.3 is 5.32 Å². The molecule has 1 aromatic carbocycles. The normalized spacial score (nSPS) is 12.8. The summed E-state index contributed by atoms with van der Waals surface area (Å²) in [5, 5.41) is 4.45. The third-order valence-corrected chi connectivity index (χ3v) is 4.03. The highest BCUT2D eigenvalue weighted by molar-refractivity contribution is 5.81. The predicted octanol–water partition coefficient (Wildman–Crippen LogP) is 3.90. The Morgan fingerprint density at radius 1 is 1.25 bits per heavy atom. The second kappa shape index (κ2) is 6.71. The molecule has 3 nitrogen and oxygen atoms in total. The second-order valence-corrected chi connectivity index (χ2v) is 5.26. The Bertz CT molecular complexity index is 565. The first kappa shape index (κ1) is 14.8. The molecule has 0 aliphatic heterocycles. The second-order valence-electron chi connectivity index (χ2n) is 5.26. The zero-order valence-electron chi connectivity index (χ0n) is 13.0. The summed E-state index contributed by atoms with van der Waals surface area (Å²) in [5.41, 5.74) is 2.32. The van der Waals surface area contributed by atoms with Crippen LogP contribution in [-0.4, -0.2) is 29.5 Å². The van der Waals surface area contributed by atoms with Gasteiger partial charge in [0.15, 0.2) is 0 Å². The Balaban J connectivity index is 2.36. The monoisotopic (exact) mass is 271 g/mol. The van der Waals surface area contributed by atoms with Crippen molar-refractivity contribution in [3.63, 3.8) is 0 Å². The molecular weight excluding hydrogens is 246 g/mol. The SMILES string of the molecule is CCC(C)N(CC)Cc1cc2ccccc2nc1NC. The molecule has 0 aliphatic rings. The van der Waals surface area contributed by atoms with Crippen LogP contribution in [0.4, 0.5) is 5.82 Å². The smallest absolute Gasteiger partial charge is 0.130 e.